The molecule has 346 valence electrons. The van der Waals surface area contributed by atoms with Gasteiger partial charge in [0, 0.05) is 12.8 Å². The summed E-state index contributed by atoms with van der Waals surface area (Å²) >= 11 is 0. The number of hydrogen-bond acceptors (Lipinski definition) is 6. The highest BCUT2D eigenvalue weighted by Crippen LogP contribution is 2.12. The van der Waals surface area contributed by atoms with E-state index in [4.69, 9.17) is 14.2 Å². The summed E-state index contributed by atoms with van der Waals surface area (Å²) < 4.78 is 16.6. The third-order valence-corrected chi connectivity index (χ3v) is 10.1. The van der Waals surface area contributed by atoms with Crippen LogP contribution in [0, 0.1) is 0 Å². The van der Waals surface area contributed by atoms with Gasteiger partial charge in [-0.1, -0.05) is 195 Å². The fourth-order valence-electron chi connectivity index (χ4n) is 6.37. The van der Waals surface area contributed by atoms with Gasteiger partial charge < -0.3 is 14.2 Å². The molecule has 0 aliphatic carbocycles. The van der Waals surface area contributed by atoms with Crippen LogP contribution in [0.3, 0.4) is 0 Å². The number of rotatable bonds is 43. The van der Waals surface area contributed by atoms with E-state index >= 15 is 0 Å². The van der Waals surface area contributed by atoms with Crippen LogP contribution in [0.1, 0.15) is 213 Å². The molecule has 0 aromatic carbocycles. The fraction of sp³-hybridized carbons (Fsp3) is 0.655. The third-order valence-electron chi connectivity index (χ3n) is 10.1. The first-order valence-corrected chi connectivity index (χ1v) is 24.7. The zero-order valence-corrected chi connectivity index (χ0v) is 39.4. The minimum absolute atomic E-state index is 0.122. The molecular formula is C55H90O6. The van der Waals surface area contributed by atoms with Crippen molar-refractivity contribution in [2.75, 3.05) is 13.2 Å². The van der Waals surface area contributed by atoms with Gasteiger partial charge in [-0.05, 0) is 96.3 Å². The van der Waals surface area contributed by atoms with Crippen LogP contribution in [0.5, 0.6) is 0 Å². The van der Waals surface area contributed by atoms with E-state index in [0.717, 1.165) is 70.6 Å². The second-order valence-corrected chi connectivity index (χ2v) is 16.0. The zero-order chi connectivity index (χ0) is 44.4. The highest BCUT2D eigenvalue weighted by molar-refractivity contribution is 5.72. The smallest absolute Gasteiger partial charge is 0.309 e. The average molecular weight is 847 g/mol. The summed E-state index contributed by atoms with van der Waals surface area (Å²) in [4.78, 5) is 37.7. The van der Waals surface area contributed by atoms with Crippen LogP contribution in [0.2, 0.25) is 0 Å². The van der Waals surface area contributed by atoms with Gasteiger partial charge in [-0.15, -0.1) is 0 Å². The molecular weight excluding hydrogens is 757 g/mol. The van der Waals surface area contributed by atoms with Gasteiger partial charge in [0.1, 0.15) is 13.2 Å². The van der Waals surface area contributed by atoms with Crippen molar-refractivity contribution in [1.29, 1.82) is 0 Å². The quantitative estimate of drug-likeness (QED) is 0.0263. The summed E-state index contributed by atoms with van der Waals surface area (Å²) in [5.74, 6) is -1.12. The molecule has 0 amide bonds. The second kappa shape index (κ2) is 49.0. The van der Waals surface area contributed by atoms with Crippen molar-refractivity contribution in [3.63, 3.8) is 0 Å². The van der Waals surface area contributed by atoms with Crippen LogP contribution in [0.25, 0.3) is 0 Å². The predicted octanol–water partition coefficient (Wildman–Crippen LogP) is 16.2. The number of allylic oxidation sites excluding steroid dienone is 15. The van der Waals surface area contributed by atoms with Crippen LogP contribution in [0.15, 0.2) is 97.2 Å². The first-order valence-electron chi connectivity index (χ1n) is 24.7. The molecule has 0 rings (SSSR count). The molecule has 0 bridgehead atoms. The molecule has 0 saturated heterocycles. The topological polar surface area (TPSA) is 78.9 Å². The standard InChI is InChI=1S/C55H90O6/c1-4-7-10-13-16-19-21-23-25-27-29-31-33-36-39-42-45-48-54(57)60-51-52(50-59-53(56)47-44-41-38-35-18-15-12-9-6-3)61-55(58)49-46-43-40-37-34-32-30-28-26-24-22-20-17-14-11-8-5-2/h9,12,17-18,20,23-26,29,31,35-36,39,41,44,52H,4-8,10-11,13-16,19,21-22,27-28,30,32-34,37-38,40,42-43,45-51H2,1-3H3/b12-9-,20-17-,25-23-,26-24-,31-29-,35-18-,39-36-,44-41-. The Balaban J connectivity index is 4.49. The van der Waals surface area contributed by atoms with Crippen LogP contribution < -0.4 is 0 Å². The van der Waals surface area contributed by atoms with Gasteiger partial charge in [-0.25, -0.2) is 0 Å². The van der Waals surface area contributed by atoms with Gasteiger partial charge in [0.05, 0.1) is 6.42 Å². The molecule has 0 aromatic rings. The Kier molecular flexibility index (Phi) is 46.0. The van der Waals surface area contributed by atoms with Crippen molar-refractivity contribution in [1.82, 2.24) is 0 Å². The maximum atomic E-state index is 12.8. The minimum Gasteiger partial charge on any atom is -0.462 e. The molecule has 61 heavy (non-hydrogen) atoms. The average Bonchev–Trinajstić information content (AvgIpc) is 3.26. The third kappa shape index (κ3) is 47.2. The lowest BCUT2D eigenvalue weighted by molar-refractivity contribution is -0.166. The number of esters is 3. The number of hydrogen-bond donors (Lipinski definition) is 0. The number of carbonyl (C=O) groups is 3. The molecule has 0 aliphatic heterocycles. The van der Waals surface area contributed by atoms with Crippen molar-refractivity contribution in [2.24, 2.45) is 0 Å². The Morgan fingerprint density at radius 1 is 0.361 bits per heavy atom. The number of unbranched alkanes of at least 4 members (excludes halogenated alkanes) is 17. The molecule has 0 spiro atoms. The van der Waals surface area contributed by atoms with E-state index in [-0.39, 0.29) is 44.4 Å². The Labute approximate surface area is 375 Å². The maximum absolute atomic E-state index is 12.8. The van der Waals surface area contributed by atoms with Crippen LogP contribution >= 0.6 is 0 Å². The van der Waals surface area contributed by atoms with E-state index in [1.54, 1.807) is 6.08 Å². The second-order valence-electron chi connectivity index (χ2n) is 16.0. The van der Waals surface area contributed by atoms with Crippen molar-refractivity contribution < 1.29 is 28.6 Å². The van der Waals surface area contributed by atoms with Crippen molar-refractivity contribution in [2.45, 2.75) is 219 Å². The van der Waals surface area contributed by atoms with E-state index < -0.39 is 12.1 Å². The molecule has 0 N–H and O–H groups in total. The summed E-state index contributed by atoms with van der Waals surface area (Å²) in [5.41, 5.74) is 0. The molecule has 0 heterocycles. The maximum Gasteiger partial charge on any atom is 0.309 e. The highest BCUT2D eigenvalue weighted by atomic mass is 16.6. The van der Waals surface area contributed by atoms with Crippen molar-refractivity contribution in [3.05, 3.63) is 97.2 Å². The van der Waals surface area contributed by atoms with E-state index in [2.05, 4.69) is 106 Å². The van der Waals surface area contributed by atoms with Gasteiger partial charge in [0.15, 0.2) is 6.10 Å². The van der Waals surface area contributed by atoms with E-state index in [1.165, 1.54) is 96.3 Å². The Bertz CT molecular complexity index is 1250. The van der Waals surface area contributed by atoms with Crippen molar-refractivity contribution >= 4 is 17.9 Å². The first kappa shape index (κ1) is 57.3. The Morgan fingerprint density at radius 3 is 1.23 bits per heavy atom. The molecule has 0 saturated carbocycles. The molecule has 0 aliphatic rings. The summed E-state index contributed by atoms with van der Waals surface area (Å²) in [7, 11) is 0. The molecule has 1 unspecified atom stereocenters. The van der Waals surface area contributed by atoms with Crippen molar-refractivity contribution in [3.8, 4) is 0 Å². The summed E-state index contributed by atoms with van der Waals surface area (Å²) in [6.07, 6.45) is 64.3. The van der Waals surface area contributed by atoms with Gasteiger partial charge in [0.2, 0.25) is 0 Å². The molecule has 0 aromatic heterocycles. The molecule has 6 heteroatoms. The Morgan fingerprint density at radius 2 is 0.721 bits per heavy atom. The molecule has 0 fully saturated rings. The molecule has 1 atom stereocenters. The van der Waals surface area contributed by atoms with Crippen LogP contribution in [-0.4, -0.2) is 37.2 Å². The summed E-state index contributed by atoms with van der Waals surface area (Å²) in [6.45, 7) is 6.32. The minimum atomic E-state index is -0.837. The summed E-state index contributed by atoms with van der Waals surface area (Å²) in [5, 5.41) is 0. The monoisotopic (exact) mass is 847 g/mol. The molecule has 6 nitrogen and oxygen atoms in total. The normalized spacial score (nSPS) is 12.9. The largest absolute Gasteiger partial charge is 0.462 e. The summed E-state index contributed by atoms with van der Waals surface area (Å²) in [6, 6.07) is 0. The van der Waals surface area contributed by atoms with E-state index in [0.29, 0.717) is 6.42 Å². The van der Waals surface area contributed by atoms with E-state index in [9.17, 15) is 14.4 Å². The Hall–Kier alpha value is -3.67. The van der Waals surface area contributed by atoms with Gasteiger partial charge >= 0.3 is 17.9 Å². The lowest BCUT2D eigenvalue weighted by Crippen LogP contribution is -2.30. The highest BCUT2D eigenvalue weighted by Gasteiger charge is 2.19. The SMILES string of the molecule is CC/C=C\C/C=C\C/C=C\CC(=O)OCC(COC(=O)CCC/C=C\C/C=C\C/C=C\CCCCCCCC)OC(=O)CCCCCCCCC/C=C\C/C=C\CCCCC. The van der Waals surface area contributed by atoms with Gasteiger partial charge in [-0.3, -0.25) is 14.4 Å². The zero-order valence-electron chi connectivity index (χ0n) is 39.4. The fourth-order valence-corrected chi connectivity index (χ4v) is 6.37. The lowest BCUT2D eigenvalue weighted by Gasteiger charge is -2.18. The van der Waals surface area contributed by atoms with Gasteiger partial charge in [0.25, 0.3) is 0 Å². The van der Waals surface area contributed by atoms with Crippen LogP contribution in [-0.2, 0) is 28.6 Å². The number of ether oxygens (including phenoxy) is 3. The van der Waals surface area contributed by atoms with Gasteiger partial charge in [-0.2, -0.15) is 0 Å². The molecule has 0 radical (unpaired) electrons. The number of carbonyl (C=O) groups excluding carboxylic acids is 3. The van der Waals surface area contributed by atoms with Crippen LogP contribution in [0.4, 0.5) is 0 Å². The lowest BCUT2D eigenvalue weighted by atomic mass is 10.1. The first-order chi connectivity index (χ1) is 30.0. The predicted molar refractivity (Wildman–Crippen MR) is 260 cm³/mol. The van der Waals surface area contributed by atoms with E-state index in [1.807, 2.05) is 6.08 Å².